The molecule has 1 unspecified atom stereocenters. The molecule has 2 rings (SSSR count). The van der Waals surface area contributed by atoms with Crippen LogP contribution in [0.1, 0.15) is 38.5 Å². The van der Waals surface area contributed by atoms with E-state index in [0.29, 0.717) is 0 Å². The minimum absolute atomic E-state index is 0.0183. The molecule has 1 aliphatic heterocycles. The number of amides is 1. The van der Waals surface area contributed by atoms with Crippen molar-refractivity contribution in [1.82, 2.24) is 5.32 Å². The molecule has 18 heavy (non-hydrogen) atoms. The van der Waals surface area contributed by atoms with Gasteiger partial charge in [-0.15, -0.1) is 5.10 Å². The summed E-state index contributed by atoms with van der Waals surface area (Å²) in [5, 5.41) is 19.0. The molecule has 98 valence electrons. The highest BCUT2D eigenvalue weighted by molar-refractivity contribution is 8.15. The number of hydrogen-bond acceptors (Lipinski definition) is 5. The Labute approximate surface area is 109 Å². The molecule has 0 aromatic rings. The van der Waals surface area contributed by atoms with E-state index in [1.807, 2.05) is 0 Å². The molecular formula is C11H15N3O3S. The number of rotatable bonds is 2. The van der Waals surface area contributed by atoms with Crippen LogP contribution in [-0.2, 0) is 9.59 Å². The van der Waals surface area contributed by atoms with Crippen molar-refractivity contribution in [3.63, 3.8) is 0 Å². The van der Waals surface area contributed by atoms with Crippen LogP contribution in [0.15, 0.2) is 10.2 Å². The van der Waals surface area contributed by atoms with Gasteiger partial charge in [0.05, 0.1) is 0 Å². The van der Waals surface area contributed by atoms with Crippen molar-refractivity contribution in [1.29, 1.82) is 0 Å². The topological polar surface area (TPSA) is 91.1 Å². The van der Waals surface area contributed by atoms with E-state index >= 15 is 0 Å². The summed E-state index contributed by atoms with van der Waals surface area (Å²) in [5.74, 6) is -1.31. The van der Waals surface area contributed by atoms with Gasteiger partial charge >= 0.3 is 5.97 Å². The first-order valence-electron chi connectivity index (χ1n) is 5.98. The number of nitrogens with zero attached hydrogens (tertiary/aromatic N) is 2. The standard InChI is InChI=1S/C11H15N3O3S/c15-9-6-8(10(16)17)18-11(12-9)14-13-7-4-2-1-3-5-7/h8H,1-6H2,(H,16,17)(H,12,14,15). The van der Waals surface area contributed by atoms with E-state index in [-0.39, 0.29) is 17.5 Å². The van der Waals surface area contributed by atoms with Crippen molar-refractivity contribution in [3.05, 3.63) is 0 Å². The van der Waals surface area contributed by atoms with E-state index in [2.05, 4.69) is 15.5 Å². The Hall–Kier alpha value is -1.37. The highest BCUT2D eigenvalue weighted by Crippen LogP contribution is 2.21. The van der Waals surface area contributed by atoms with Gasteiger partial charge < -0.3 is 10.4 Å². The van der Waals surface area contributed by atoms with E-state index in [9.17, 15) is 9.59 Å². The Balaban J connectivity index is 2.02. The third kappa shape index (κ3) is 3.56. The fourth-order valence-corrected chi connectivity index (χ4v) is 2.77. The SMILES string of the molecule is O=C1CC(C(=O)O)S/C(=N/N=C2CCCCC2)N1. The van der Waals surface area contributed by atoms with Crippen LogP contribution in [0.2, 0.25) is 0 Å². The molecule has 2 aliphatic rings. The molecule has 0 bridgehead atoms. The van der Waals surface area contributed by atoms with Gasteiger partial charge in [-0.2, -0.15) is 5.10 Å². The number of hydrogen-bond donors (Lipinski definition) is 2. The van der Waals surface area contributed by atoms with E-state index in [0.717, 1.165) is 43.2 Å². The normalized spacial score (nSPS) is 26.9. The van der Waals surface area contributed by atoms with Crippen molar-refractivity contribution >= 4 is 34.5 Å². The molecule has 0 aromatic heterocycles. The smallest absolute Gasteiger partial charge is 0.317 e. The van der Waals surface area contributed by atoms with Crippen LogP contribution < -0.4 is 5.32 Å². The molecule has 1 saturated carbocycles. The number of nitrogens with one attached hydrogen (secondary N) is 1. The average Bonchev–Trinajstić information content (AvgIpc) is 2.37. The molecule has 7 heteroatoms. The van der Waals surface area contributed by atoms with Gasteiger partial charge in [0.15, 0.2) is 5.17 Å². The molecule has 1 aliphatic carbocycles. The van der Waals surface area contributed by atoms with Crippen LogP contribution in [0.4, 0.5) is 0 Å². The molecule has 0 spiro atoms. The fourth-order valence-electron chi connectivity index (χ4n) is 1.91. The summed E-state index contributed by atoms with van der Waals surface area (Å²) in [6, 6.07) is 0. The summed E-state index contributed by atoms with van der Waals surface area (Å²) in [4.78, 5) is 22.2. The summed E-state index contributed by atoms with van der Waals surface area (Å²) in [6.07, 6.45) is 5.34. The van der Waals surface area contributed by atoms with Gasteiger partial charge in [0, 0.05) is 12.1 Å². The van der Waals surface area contributed by atoms with Crippen molar-refractivity contribution in [2.75, 3.05) is 0 Å². The largest absolute Gasteiger partial charge is 0.480 e. The predicted octanol–water partition coefficient (Wildman–Crippen LogP) is 1.37. The van der Waals surface area contributed by atoms with Crippen molar-refractivity contribution in [3.8, 4) is 0 Å². The molecule has 6 nitrogen and oxygen atoms in total. The van der Waals surface area contributed by atoms with Gasteiger partial charge in [-0.3, -0.25) is 9.59 Å². The van der Waals surface area contributed by atoms with Gasteiger partial charge in [-0.25, -0.2) is 0 Å². The van der Waals surface area contributed by atoms with Gasteiger partial charge in [0.2, 0.25) is 5.91 Å². The Kier molecular flexibility index (Phi) is 4.35. The van der Waals surface area contributed by atoms with Crippen LogP contribution in [0.5, 0.6) is 0 Å². The number of carbonyl (C=O) groups excluding carboxylic acids is 1. The van der Waals surface area contributed by atoms with Crippen molar-refractivity contribution in [2.45, 2.75) is 43.8 Å². The first kappa shape index (κ1) is 13.1. The highest BCUT2D eigenvalue weighted by atomic mass is 32.2. The number of aliphatic carboxylic acids is 1. The molecule has 1 amide bonds. The van der Waals surface area contributed by atoms with E-state index in [4.69, 9.17) is 5.11 Å². The third-order valence-electron chi connectivity index (χ3n) is 2.86. The maximum atomic E-state index is 11.3. The Morgan fingerprint density at radius 1 is 1.28 bits per heavy atom. The molecule has 1 atom stereocenters. The molecule has 0 radical (unpaired) electrons. The zero-order chi connectivity index (χ0) is 13.0. The highest BCUT2D eigenvalue weighted by Gasteiger charge is 2.29. The minimum atomic E-state index is -0.993. The second kappa shape index (κ2) is 5.99. The second-order valence-corrected chi connectivity index (χ2v) is 5.52. The Morgan fingerprint density at radius 3 is 2.67 bits per heavy atom. The zero-order valence-corrected chi connectivity index (χ0v) is 10.7. The van der Waals surface area contributed by atoms with Crippen molar-refractivity contribution < 1.29 is 14.7 Å². The molecule has 0 aromatic carbocycles. The Morgan fingerprint density at radius 2 is 2.00 bits per heavy atom. The summed E-state index contributed by atoms with van der Waals surface area (Å²) in [7, 11) is 0. The molecule has 2 N–H and O–H groups in total. The third-order valence-corrected chi connectivity index (χ3v) is 3.92. The number of amidine groups is 1. The van der Waals surface area contributed by atoms with Crippen molar-refractivity contribution in [2.24, 2.45) is 10.2 Å². The zero-order valence-electron chi connectivity index (χ0n) is 9.89. The maximum absolute atomic E-state index is 11.3. The lowest BCUT2D eigenvalue weighted by molar-refractivity contribution is -0.138. The second-order valence-electron chi connectivity index (χ2n) is 4.33. The van der Waals surface area contributed by atoms with E-state index < -0.39 is 11.2 Å². The number of thioether (sulfide) groups is 1. The fraction of sp³-hybridized carbons (Fsp3) is 0.636. The van der Waals surface area contributed by atoms with Gasteiger partial charge in [-0.1, -0.05) is 18.2 Å². The van der Waals surface area contributed by atoms with E-state index in [1.54, 1.807) is 0 Å². The van der Waals surface area contributed by atoms with Gasteiger partial charge in [-0.05, 0) is 25.7 Å². The lowest BCUT2D eigenvalue weighted by atomic mass is 9.99. The first-order chi connectivity index (χ1) is 8.65. The molecule has 1 saturated heterocycles. The number of carboxylic acid groups (broad SMARTS) is 1. The summed E-state index contributed by atoms with van der Waals surface area (Å²) in [5.41, 5.74) is 1.03. The van der Waals surface area contributed by atoms with Crippen LogP contribution in [0.25, 0.3) is 0 Å². The average molecular weight is 269 g/mol. The summed E-state index contributed by atoms with van der Waals surface area (Å²) in [6.45, 7) is 0. The van der Waals surface area contributed by atoms with Gasteiger partial charge in [0.25, 0.3) is 0 Å². The monoisotopic (exact) mass is 269 g/mol. The lowest BCUT2D eigenvalue weighted by Gasteiger charge is -2.18. The quantitative estimate of drug-likeness (QED) is 0.741. The number of carboxylic acids is 1. The molecule has 2 fully saturated rings. The van der Waals surface area contributed by atoms with Crippen LogP contribution >= 0.6 is 11.8 Å². The van der Waals surface area contributed by atoms with Crippen LogP contribution in [0, 0.1) is 0 Å². The first-order valence-corrected chi connectivity index (χ1v) is 6.86. The van der Waals surface area contributed by atoms with Gasteiger partial charge in [0.1, 0.15) is 5.25 Å². The summed E-state index contributed by atoms with van der Waals surface area (Å²) >= 11 is 1.04. The van der Waals surface area contributed by atoms with E-state index in [1.165, 1.54) is 6.42 Å². The van der Waals surface area contributed by atoms with Crippen LogP contribution in [-0.4, -0.2) is 33.1 Å². The number of carbonyl (C=O) groups is 2. The summed E-state index contributed by atoms with van der Waals surface area (Å²) < 4.78 is 0. The molecule has 1 heterocycles. The minimum Gasteiger partial charge on any atom is -0.480 e. The maximum Gasteiger partial charge on any atom is 0.317 e. The lowest BCUT2D eigenvalue weighted by Crippen LogP contribution is -2.40. The molecular weight excluding hydrogens is 254 g/mol. The van der Waals surface area contributed by atoms with Crippen LogP contribution in [0.3, 0.4) is 0 Å². The Bertz CT molecular complexity index is 412. The predicted molar refractivity (Wildman–Crippen MR) is 69.7 cm³/mol.